The highest BCUT2D eigenvalue weighted by Gasteiger charge is 2.30. The van der Waals surface area contributed by atoms with Crippen molar-refractivity contribution >= 4 is 17.9 Å². The van der Waals surface area contributed by atoms with E-state index in [0.717, 1.165) is 105 Å². The number of hydrogen-bond donors (Lipinski definition) is 3. The minimum Gasteiger partial charge on any atom is -0.497 e. The lowest BCUT2D eigenvalue weighted by Gasteiger charge is -2.23. The third-order valence-corrected chi connectivity index (χ3v) is 17.3. The lowest BCUT2D eigenvalue weighted by Crippen LogP contribution is -2.31. The molecule has 0 fully saturated rings. The van der Waals surface area contributed by atoms with Crippen molar-refractivity contribution in [1.82, 2.24) is 25.6 Å². The van der Waals surface area contributed by atoms with Crippen molar-refractivity contribution in [2.75, 3.05) is 45.8 Å². The maximum atomic E-state index is 13.8. The van der Waals surface area contributed by atoms with Crippen molar-refractivity contribution in [3.63, 3.8) is 0 Å². The number of anilines is 1. The molecule has 4 aromatic carbocycles. The average Bonchev–Trinajstić information content (AvgIpc) is 1.74. The van der Waals surface area contributed by atoms with Gasteiger partial charge in [0.2, 0.25) is 5.95 Å². The van der Waals surface area contributed by atoms with Crippen LogP contribution in [0.1, 0.15) is 267 Å². The molecule has 5 aromatic rings. The zero-order chi connectivity index (χ0) is 62.9. The Morgan fingerprint density at radius 2 is 0.955 bits per heavy atom. The van der Waals surface area contributed by atoms with Gasteiger partial charge in [0.25, 0.3) is 5.91 Å². The summed E-state index contributed by atoms with van der Waals surface area (Å²) in [6.07, 6.45) is 37.3. The van der Waals surface area contributed by atoms with Crippen LogP contribution in [0, 0.1) is 0 Å². The third-order valence-electron chi connectivity index (χ3n) is 17.3. The molecule has 1 aromatic heterocycles. The van der Waals surface area contributed by atoms with E-state index in [1.54, 1.807) is 32.4 Å². The van der Waals surface area contributed by atoms with Crippen LogP contribution in [0.4, 0.5) is 10.7 Å². The number of methoxy groups -OCH3 is 2. The Labute approximate surface area is 535 Å². The second kappa shape index (κ2) is 43.2. The molecular formula is C75H112N6O8. The molecule has 1 aliphatic carbocycles. The fourth-order valence-electron chi connectivity index (χ4n) is 12.1. The van der Waals surface area contributed by atoms with Gasteiger partial charge in [-0.2, -0.15) is 9.97 Å². The summed E-state index contributed by atoms with van der Waals surface area (Å²) in [6, 6.07) is 29.5. The first-order chi connectivity index (χ1) is 43.8. The van der Waals surface area contributed by atoms with E-state index in [0.29, 0.717) is 53.9 Å². The van der Waals surface area contributed by atoms with Crippen LogP contribution in [-0.4, -0.2) is 79.7 Å². The summed E-state index contributed by atoms with van der Waals surface area (Å²) >= 11 is 0. The van der Waals surface area contributed by atoms with E-state index >= 15 is 0 Å². The van der Waals surface area contributed by atoms with Gasteiger partial charge in [-0.25, -0.2) is 4.79 Å². The van der Waals surface area contributed by atoms with Crippen LogP contribution >= 0.6 is 0 Å². The Morgan fingerprint density at radius 3 is 1.45 bits per heavy atom. The van der Waals surface area contributed by atoms with Gasteiger partial charge in [-0.1, -0.05) is 230 Å². The lowest BCUT2D eigenvalue weighted by atomic mass is 9.97. The second-order valence-corrected chi connectivity index (χ2v) is 24.5. The van der Waals surface area contributed by atoms with Gasteiger partial charge in [0, 0.05) is 30.6 Å². The zero-order valence-corrected chi connectivity index (χ0v) is 55.5. The van der Waals surface area contributed by atoms with Crippen LogP contribution in [0.2, 0.25) is 0 Å². The van der Waals surface area contributed by atoms with Crippen molar-refractivity contribution in [3.8, 4) is 40.4 Å². The molecule has 1 atom stereocenters. The fraction of sp³-hybridized carbons (Fsp3) is 0.613. The number of carbonyl (C=O) groups excluding carboxylic acids is 2. The molecule has 0 bridgehead atoms. The highest BCUT2D eigenvalue weighted by molar-refractivity contribution is 5.79. The van der Waals surface area contributed by atoms with E-state index in [2.05, 4.69) is 67.9 Å². The normalized spacial score (nSPS) is 12.2. The Morgan fingerprint density at radius 1 is 0.494 bits per heavy atom. The Kier molecular flexibility index (Phi) is 34.7. The summed E-state index contributed by atoms with van der Waals surface area (Å²) in [5.41, 5.74) is 6.07. The van der Waals surface area contributed by atoms with E-state index < -0.39 is 12.1 Å². The molecule has 0 radical (unpaired) electrons. The van der Waals surface area contributed by atoms with E-state index in [1.807, 2.05) is 48.5 Å². The van der Waals surface area contributed by atoms with Crippen LogP contribution in [0.5, 0.6) is 29.3 Å². The molecule has 3 N–H and O–H groups in total. The number of carbonyl (C=O) groups is 2. The van der Waals surface area contributed by atoms with Crippen molar-refractivity contribution < 1.29 is 38.0 Å². The summed E-state index contributed by atoms with van der Waals surface area (Å²) in [5.74, 6) is 1.92. The number of hydrogen-bond acceptors (Lipinski definition) is 12. The number of ether oxygens (including phenoxy) is 6. The standard InChI is InChI=1S/C75H112N6O8/c1-7-11-15-19-23-29-39-60(40-30-24-20-16-12-8-2)88-73-79-72(80-74(81-73)89-61(41-31-25-21-17-13-9-3)42-32-26-22-18-14-10-4)77-54-38-28-27-37-53-76-70(82)57-86-59-49-47-58(48-50-59)71(67-52-51-62(84-5)55-69(67)85-6)78-75(83)87-56-68-65-45-35-33-43-63(65)64-44-34-36-46-66(64)68/h33-36,43-52,55,60-61,68,71H,7-32,37-42,53-54,56-57H2,1-6H3,(H,76,82)(H,78,83)(H,77,79,80,81). The number of rotatable bonds is 50. The van der Waals surface area contributed by atoms with E-state index in [4.69, 9.17) is 43.4 Å². The highest BCUT2D eigenvalue weighted by atomic mass is 16.5. The topological polar surface area (TPSA) is 164 Å². The van der Waals surface area contributed by atoms with E-state index in [1.165, 1.54) is 128 Å². The molecule has 490 valence electrons. The number of fused-ring (bicyclic) bond motifs is 3. The zero-order valence-electron chi connectivity index (χ0n) is 55.5. The van der Waals surface area contributed by atoms with Gasteiger partial charge in [-0.05, 0) is 116 Å². The van der Waals surface area contributed by atoms with Crippen molar-refractivity contribution in [1.29, 1.82) is 0 Å². The average molecular weight is 1230 g/mol. The lowest BCUT2D eigenvalue weighted by molar-refractivity contribution is -0.123. The molecule has 89 heavy (non-hydrogen) atoms. The van der Waals surface area contributed by atoms with E-state index in [9.17, 15) is 9.59 Å². The summed E-state index contributed by atoms with van der Waals surface area (Å²) in [4.78, 5) is 41.4. The molecule has 1 aliphatic rings. The molecule has 2 amide bonds. The quantitative estimate of drug-likeness (QED) is 0.0316. The van der Waals surface area contributed by atoms with Crippen molar-refractivity contribution in [2.45, 2.75) is 257 Å². The first-order valence-corrected chi connectivity index (χ1v) is 34.9. The van der Waals surface area contributed by atoms with Crippen LogP contribution in [0.3, 0.4) is 0 Å². The fourth-order valence-corrected chi connectivity index (χ4v) is 12.1. The molecule has 1 unspecified atom stereocenters. The number of nitrogens with zero attached hydrogens (tertiary/aromatic N) is 3. The molecule has 14 nitrogen and oxygen atoms in total. The summed E-state index contributed by atoms with van der Waals surface area (Å²) in [5, 5.41) is 9.64. The Hall–Kier alpha value is -6.57. The predicted octanol–water partition coefficient (Wildman–Crippen LogP) is 19.2. The molecular weight excluding hydrogens is 1110 g/mol. The number of alkyl carbamates (subject to hydrolysis) is 1. The first-order valence-electron chi connectivity index (χ1n) is 34.9. The van der Waals surface area contributed by atoms with Gasteiger partial charge >= 0.3 is 18.1 Å². The minimum atomic E-state index is -0.641. The number of benzene rings is 4. The minimum absolute atomic E-state index is 0.0567. The maximum Gasteiger partial charge on any atom is 0.407 e. The van der Waals surface area contributed by atoms with Crippen LogP contribution in [0.25, 0.3) is 11.1 Å². The van der Waals surface area contributed by atoms with Gasteiger partial charge in [0.15, 0.2) is 6.61 Å². The van der Waals surface area contributed by atoms with Crippen molar-refractivity contribution in [3.05, 3.63) is 113 Å². The van der Waals surface area contributed by atoms with Gasteiger partial charge in [0.1, 0.15) is 36.1 Å². The highest BCUT2D eigenvalue weighted by Crippen LogP contribution is 2.45. The molecule has 14 heteroatoms. The summed E-state index contributed by atoms with van der Waals surface area (Å²) in [7, 11) is 3.19. The molecule has 1 heterocycles. The molecule has 6 rings (SSSR count). The number of nitrogens with one attached hydrogen (secondary N) is 3. The molecule has 0 saturated carbocycles. The second-order valence-electron chi connectivity index (χ2n) is 24.5. The first kappa shape index (κ1) is 71.5. The van der Waals surface area contributed by atoms with Crippen LogP contribution in [0.15, 0.2) is 91.0 Å². The third kappa shape index (κ3) is 26.4. The van der Waals surface area contributed by atoms with Crippen molar-refractivity contribution in [2.24, 2.45) is 0 Å². The smallest absolute Gasteiger partial charge is 0.407 e. The van der Waals surface area contributed by atoms with Crippen LogP contribution < -0.4 is 39.6 Å². The van der Waals surface area contributed by atoms with Gasteiger partial charge < -0.3 is 44.4 Å². The predicted molar refractivity (Wildman–Crippen MR) is 362 cm³/mol. The largest absolute Gasteiger partial charge is 0.497 e. The number of aromatic nitrogens is 3. The number of amides is 2. The SMILES string of the molecule is CCCCCCCCC(CCCCCCCC)Oc1nc(NCCCCCCNC(=O)COc2ccc(C(NC(=O)OCC3c4ccccc4-c4ccccc43)c3ccc(OC)cc3OC)cc2)nc(OC(CCCCCCCC)CCCCCCCC)n1. The van der Waals surface area contributed by atoms with Gasteiger partial charge in [-0.15, -0.1) is 4.98 Å². The Balaban J connectivity index is 0.996. The Bertz CT molecular complexity index is 2590. The molecule has 0 spiro atoms. The van der Waals surface area contributed by atoms with E-state index in [-0.39, 0.29) is 37.2 Å². The number of unbranched alkanes of at least 4 members (excludes halogenated alkanes) is 23. The summed E-state index contributed by atoms with van der Waals surface area (Å²) in [6.45, 7) is 10.4. The van der Waals surface area contributed by atoms with Gasteiger partial charge in [-0.3, -0.25) is 4.79 Å². The summed E-state index contributed by atoms with van der Waals surface area (Å²) < 4.78 is 36.8. The monoisotopic (exact) mass is 1220 g/mol. The van der Waals surface area contributed by atoms with Crippen LogP contribution in [-0.2, 0) is 9.53 Å². The molecule has 0 saturated heterocycles. The maximum absolute atomic E-state index is 13.8. The molecule has 0 aliphatic heterocycles. The van der Waals surface area contributed by atoms with Gasteiger partial charge in [0.05, 0.1) is 20.3 Å².